The molecule has 3 rings (SSSR count). The smallest absolute Gasteiger partial charge is 0.337 e. The van der Waals surface area contributed by atoms with Gasteiger partial charge in [-0.3, -0.25) is 4.79 Å². The highest BCUT2D eigenvalue weighted by Gasteiger charge is 2.09. The van der Waals surface area contributed by atoms with Gasteiger partial charge < -0.3 is 15.4 Å². The molecule has 0 spiro atoms. The molecule has 1 heterocycles. The first-order chi connectivity index (χ1) is 13.0. The molecule has 0 aliphatic rings. The molecule has 0 aliphatic carbocycles. The van der Waals surface area contributed by atoms with Crippen LogP contribution in [0.2, 0.25) is 5.02 Å². The topological polar surface area (TPSA) is 93.2 Å². The molecule has 136 valence electrons. The molecule has 8 heteroatoms. The van der Waals surface area contributed by atoms with Gasteiger partial charge in [0.05, 0.1) is 18.2 Å². The molecule has 2 N–H and O–H groups in total. The Kier molecular flexibility index (Phi) is 5.63. The summed E-state index contributed by atoms with van der Waals surface area (Å²) in [6.07, 6.45) is 2.80. The van der Waals surface area contributed by atoms with Crippen molar-refractivity contribution in [2.45, 2.75) is 0 Å². The summed E-state index contributed by atoms with van der Waals surface area (Å²) in [6, 6.07) is 13.6. The zero-order chi connectivity index (χ0) is 19.2. The summed E-state index contributed by atoms with van der Waals surface area (Å²) in [6.45, 7) is 0. The molecule has 1 amide bonds. The molecule has 27 heavy (non-hydrogen) atoms. The first kappa shape index (κ1) is 18.3. The van der Waals surface area contributed by atoms with E-state index in [-0.39, 0.29) is 11.9 Å². The van der Waals surface area contributed by atoms with E-state index in [1.807, 2.05) is 0 Å². The summed E-state index contributed by atoms with van der Waals surface area (Å²) in [7, 11) is 1.32. The fraction of sp³-hybridized carbons (Fsp3) is 0.0526. The van der Waals surface area contributed by atoms with Crippen molar-refractivity contribution in [2.75, 3.05) is 17.7 Å². The van der Waals surface area contributed by atoms with E-state index in [1.165, 1.54) is 19.5 Å². The van der Waals surface area contributed by atoms with Crippen LogP contribution in [0.15, 0.2) is 60.9 Å². The molecule has 1 aromatic heterocycles. The molecule has 0 atom stereocenters. The van der Waals surface area contributed by atoms with Crippen molar-refractivity contribution in [2.24, 2.45) is 0 Å². The zero-order valence-corrected chi connectivity index (χ0v) is 15.0. The maximum absolute atomic E-state index is 12.2. The first-order valence-electron chi connectivity index (χ1n) is 7.89. The molecular weight excluding hydrogens is 368 g/mol. The van der Waals surface area contributed by atoms with E-state index in [1.54, 1.807) is 48.5 Å². The molecular formula is C19H15ClN4O3. The molecule has 0 aliphatic heterocycles. The standard InChI is InChI=1S/C19H15ClN4O3/c1-27-18(26)12-4-2-6-15(8-12)24-19-21-10-13(11-22-19)17(25)23-16-7-3-5-14(20)9-16/h2-11H,1H3,(H,23,25)(H,21,22,24). The Morgan fingerprint density at radius 2 is 1.67 bits per heavy atom. The summed E-state index contributed by atoms with van der Waals surface area (Å²) in [5.41, 5.74) is 1.90. The van der Waals surface area contributed by atoms with Crippen LogP contribution in [0.3, 0.4) is 0 Å². The Hall–Kier alpha value is -3.45. The van der Waals surface area contributed by atoms with Gasteiger partial charge in [-0.25, -0.2) is 14.8 Å². The number of anilines is 3. The highest BCUT2D eigenvalue weighted by atomic mass is 35.5. The van der Waals surface area contributed by atoms with E-state index in [9.17, 15) is 9.59 Å². The summed E-state index contributed by atoms with van der Waals surface area (Å²) in [5.74, 6) is -0.500. The maximum Gasteiger partial charge on any atom is 0.337 e. The third-order valence-corrected chi connectivity index (χ3v) is 3.77. The normalized spacial score (nSPS) is 10.1. The number of amides is 1. The Morgan fingerprint density at radius 3 is 2.37 bits per heavy atom. The van der Waals surface area contributed by atoms with Crippen LogP contribution >= 0.6 is 11.6 Å². The van der Waals surface area contributed by atoms with Crippen molar-refractivity contribution in [1.29, 1.82) is 0 Å². The predicted molar refractivity (Wildman–Crippen MR) is 103 cm³/mol. The minimum absolute atomic E-state index is 0.288. The van der Waals surface area contributed by atoms with Crippen molar-refractivity contribution in [3.63, 3.8) is 0 Å². The summed E-state index contributed by atoms with van der Waals surface area (Å²) in [5, 5.41) is 6.21. The molecule has 0 unspecified atom stereocenters. The second kappa shape index (κ2) is 8.29. The number of nitrogens with zero attached hydrogens (tertiary/aromatic N) is 2. The van der Waals surface area contributed by atoms with Gasteiger partial charge in [-0.1, -0.05) is 23.7 Å². The average Bonchev–Trinajstić information content (AvgIpc) is 2.68. The number of benzene rings is 2. The Bertz CT molecular complexity index is 977. The third-order valence-electron chi connectivity index (χ3n) is 3.54. The van der Waals surface area contributed by atoms with Crippen LogP contribution in [0.25, 0.3) is 0 Å². The summed E-state index contributed by atoms with van der Waals surface area (Å²) < 4.78 is 4.69. The van der Waals surface area contributed by atoms with Gasteiger partial charge in [0.2, 0.25) is 5.95 Å². The number of aromatic nitrogens is 2. The molecule has 0 bridgehead atoms. The molecule has 0 saturated heterocycles. The van der Waals surface area contributed by atoms with E-state index in [0.29, 0.717) is 27.5 Å². The second-order valence-electron chi connectivity index (χ2n) is 5.46. The van der Waals surface area contributed by atoms with Gasteiger partial charge in [-0.05, 0) is 36.4 Å². The number of methoxy groups -OCH3 is 1. The van der Waals surface area contributed by atoms with Gasteiger partial charge in [0, 0.05) is 28.8 Å². The highest BCUT2D eigenvalue weighted by Crippen LogP contribution is 2.17. The fourth-order valence-corrected chi connectivity index (χ4v) is 2.44. The Balaban J connectivity index is 1.68. The number of halogens is 1. The fourth-order valence-electron chi connectivity index (χ4n) is 2.25. The zero-order valence-electron chi connectivity index (χ0n) is 14.3. The van der Waals surface area contributed by atoms with Crippen molar-refractivity contribution >= 4 is 40.8 Å². The van der Waals surface area contributed by atoms with E-state index >= 15 is 0 Å². The van der Waals surface area contributed by atoms with Crippen LogP contribution in [-0.4, -0.2) is 29.0 Å². The summed E-state index contributed by atoms with van der Waals surface area (Å²) >= 11 is 5.90. The molecule has 0 radical (unpaired) electrons. The second-order valence-corrected chi connectivity index (χ2v) is 5.89. The average molecular weight is 383 g/mol. The van der Waals surface area contributed by atoms with Gasteiger partial charge in [-0.2, -0.15) is 0 Å². The lowest BCUT2D eigenvalue weighted by molar-refractivity contribution is 0.0600. The van der Waals surface area contributed by atoms with Crippen molar-refractivity contribution in [3.05, 3.63) is 77.1 Å². The van der Waals surface area contributed by atoms with Gasteiger partial charge in [-0.15, -0.1) is 0 Å². The quantitative estimate of drug-likeness (QED) is 0.650. The van der Waals surface area contributed by atoms with E-state index in [2.05, 4.69) is 25.3 Å². The van der Waals surface area contributed by atoms with E-state index in [4.69, 9.17) is 11.6 Å². The molecule has 0 saturated carbocycles. The molecule has 2 aromatic carbocycles. The lowest BCUT2D eigenvalue weighted by Gasteiger charge is -2.08. The predicted octanol–water partition coefficient (Wildman–Crippen LogP) is 3.91. The number of esters is 1. The lowest BCUT2D eigenvalue weighted by Crippen LogP contribution is -2.13. The number of hydrogen-bond acceptors (Lipinski definition) is 6. The Morgan fingerprint density at radius 1 is 0.963 bits per heavy atom. The van der Waals surface area contributed by atoms with Crippen LogP contribution < -0.4 is 10.6 Å². The highest BCUT2D eigenvalue weighted by molar-refractivity contribution is 6.30. The largest absolute Gasteiger partial charge is 0.465 e. The van der Waals surface area contributed by atoms with E-state index in [0.717, 1.165) is 0 Å². The first-order valence-corrected chi connectivity index (χ1v) is 8.27. The number of hydrogen-bond donors (Lipinski definition) is 2. The molecule has 7 nitrogen and oxygen atoms in total. The monoisotopic (exact) mass is 382 g/mol. The van der Waals surface area contributed by atoms with Gasteiger partial charge >= 0.3 is 5.97 Å². The van der Waals surface area contributed by atoms with Crippen molar-refractivity contribution < 1.29 is 14.3 Å². The number of carbonyl (C=O) groups is 2. The number of carbonyl (C=O) groups excluding carboxylic acids is 2. The lowest BCUT2D eigenvalue weighted by atomic mass is 10.2. The van der Waals surface area contributed by atoms with Crippen molar-refractivity contribution in [3.8, 4) is 0 Å². The van der Waals surface area contributed by atoms with Crippen LogP contribution in [0, 0.1) is 0 Å². The minimum atomic E-state index is -0.437. The van der Waals surface area contributed by atoms with Crippen LogP contribution in [0.5, 0.6) is 0 Å². The number of rotatable bonds is 5. The van der Waals surface area contributed by atoms with Crippen LogP contribution in [0.4, 0.5) is 17.3 Å². The van der Waals surface area contributed by atoms with Crippen LogP contribution in [0.1, 0.15) is 20.7 Å². The SMILES string of the molecule is COC(=O)c1cccc(Nc2ncc(C(=O)Nc3cccc(Cl)c3)cn2)c1. The van der Waals surface area contributed by atoms with Gasteiger partial charge in [0.15, 0.2) is 0 Å². The molecule has 3 aromatic rings. The minimum Gasteiger partial charge on any atom is -0.465 e. The summed E-state index contributed by atoms with van der Waals surface area (Å²) in [4.78, 5) is 32.1. The van der Waals surface area contributed by atoms with Crippen LogP contribution in [-0.2, 0) is 4.74 Å². The number of nitrogens with one attached hydrogen (secondary N) is 2. The number of ether oxygens (including phenoxy) is 1. The van der Waals surface area contributed by atoms with E-state index < -0.39 is 5.97 Å². The van der Waals surface area contributed by atoms with Gasteiger partial charge in [0.25, 0.3) is 5.91 Å². The molecule has 0 fully saturated rings. The van der Waals surface area contributed by atoms with Crippen molar-refractivity contribution in [1.82, 2.24) is 9.97 Å². The third kappa shape index (κ3) is 4.80. The Labute approximate surface area is 160 Å². The maximum atomic E-state index is 12.2. The van der Waals surface area contributed by atoms with Gasteiger partial charge in [0.1, 0.15) is 0 Å².